The zero-order valence-corrected chi connectivity index (χ0v) is 8.94. The topological polar surface area (TPSA) is 70.8 Å². The van der Waals surface area contributed by atoms with Crippen molar-refractivity contribution in [1.82, 2.24) is 0 Å². The van der Waals surface area contributed by atoms with Crippen molar-refractivity contribution in [3.05, 3.63) is 0 Å². The van der Waals surface area contributed by atoms with Crippen LogP contribution >= 0.6 is 7.82 Å². The minimum absolute atomic E-state index is 0.359. The van der Waals surface area contributed by atoms with Crippen LogP contribution in [0.1, 0.15) is 12.8 Å². The zero-order chi connectivity index (χ0) is 13.7. The third-order valence-corrected chi connectivity index (χ3v) is 2.40. The van der Waals surface area contributed by atoms with Crippen LogP contribution in [0.15, 0.2) is 0 Å². The van der Waals surface area contributed by atoms with Crippen LogP contribution in [-0.4, -0.2) is 18.6 Å². The summed E-state index contributed by atoms with van der Waals surface area (Å²) < 4.78 is 91.0. The highest BCUT2D eigenvalue weighted by Crippen LogP contribution is 2.57. The van der Waals surface area contributed by atoms with Gasteiger partial charge >= 0.3 is 19.9 Å². The second-order valence-corrected chi connectivity index (χ2v) is 4.15. The summed E-state index contributed by atoms with van der Waals surface area (Å²) in [6, 6.07) is 0. The van der Waals surface area contributed by atoms with Gasteiger partial charge in [0, 0.05) is 6.42 Å². The van der Waals surface area contributed by atoms with E-state index in [0.717, 1.165) is 0 Å². The standard InChI is InChI=1S/C5H8F6NO4P/c6-4(2-1-3-12,5(7,8)9)14-17(13,15-10)16-11/h1-3,12H2. The molecule has 0 bridgehead atoms. The van der Waals surface area contributed by atoms with Crippen LogP contribution in [0.5, 0.6) is 0 Å². The van der Waals surface area contributed by atoms with E-state index in [1.165, 1.54) is 0 Å². The van der Waals surface area contributed by atoms with Gasteiger partial charge in [-0.2, -0.15) is 13.2 Å². The number of phosphoric acid groups is 1. The number of nitrogens with two attached hydrogens (primary N) is 1. The molecule has 17 heavy (non-hydrogen) atoms. The van der Waals surface area contributed by atoms with E-state index in [0.29, 0.717) is 0 Å². The largest absolute Gasteiger partial charge is 0.540 e. The van der Waals surface area contributed by atoms with Gasteiger partial charge in [-0.15, -0.1) is 0 Å². The highest BCUT2D eigenvalue weighted by molar-refractivity contribution is 7.48. The van der Waals surface area contributed by atoms with Crippen molar-refractivity contribution in [2.75, 3.05) is 6.54 Å². The molecule has 104 valence electrons. The first-order valence-corrected chi connectivity index (χ1v) is 5.47. The smallest absolute Gasteiger partial charge is 0.330 e. The van der Waals surface area contributed by atoms with Gasteiger partial charge in [0.15, 0.2) is 0 Å². The first kappa shape index (κ1) is 16.6. The van der Waals surface area contributed by atoms with Crippen LogP contribution in [0.2, 0.25) is 0 Å². The summed E-state index contributed by atoms with van der Waals surface area (Å²) in [7, 11) is -5.91. The molecule has 0 aliphatic rings. The second-order valence-electron chi connectivity index (χ2n) is 2.79. The van der Waals surface area contributed by atoms with Crippen LogP contribution in [0.3, 0.4) is 0 Å². The first-order valence-electron chi connectivity index (χ1n) is 4.01. The van der Waals surface area contributed by atoms with Gasteiger partial charge < -0.3 is 5.73 Å². The third-order valence-electron chi connectivity index (χ3n) is 1.55. The zero-order valence-electron chi connectivity index (χ0n) is 8.05. The molecule has 5 nitrogen and oxygen atoms in total. The molecule has 0 aromatic heterocycles. The number of rotatable bonds is 7. The predicted octanol–water partition coefficient (Wildman–Crippen LogP) is 2.88. The van der Waals surface area contributed by atoms with Crippen molar-refractivity contribution in [2.45, 2.75) is 24.9 Å². The Bertz CT molecular complexity index is 280. The lowest BCUT2D eigenvalue weighted by molar-refractivity contribution is -0.316. The van der Waals surface area contributed by atoms with Gasteiger partial charge in [-0.25, -0.2) is 13.5 Å². The molecule has 0 aliphatic carbocycles. The second kappa shape index (κ2) is 6.01. The van der Waals surface area contributed by atoms with E-state index in [4.69, 9.17) is 5.73 Å². The average Bonchev–Trinajstić information content (AvgIpc) is 2.24. The fourth-order valence-corrected chi connectivity index (χ4v) is 1.41. The molecule has 1 unspecified atom stereocenters. The molecule has 0 saturated heterocycles. The lowest BCUT2D eigenvalue weighted by Gasteiger charge is -2.27. The maximum atomic E-state index is 13.3. The van der Waals surface area contributed by atoms with Gasteiger partial charge in [0.05, 0.1) is 0 Å². The quantitative estimate of drug-likeness (QED) is 0.577. The number of halogens is 6. The molecule has 0 amide bonds. The Balaban J connectivity index is 5.01. The first-order chi connectivity index (χ1) is 7.64. The van der Waals surface area contributed by atoms with E-state index in [-0.39, 0.29) is 6.54 Å². The lowest BCUT2D eigenvalue weighted by atomic mass is 10.1. The van der Waals surface area contributed by atoms with Crippen molar-refractivity contribution in [1.29, 1.82) is 0 Å². The Hall–Kier alpha value is -0.350. The van der Waals surface area contributed by atoms with Crippen LogP contribution in [0, 0.1) is 0 Å². The van der Waals surface area contributed by atoms with Crippen molar-refractivity contribution in [3.8, 4) is 0 Å². The minimum Gasteiger partial charge on any atom is -0.330 e. The normalized spacial score (nSPS) is 16.9. The van der Waals surface area contributed by atoms with Gasteiger partial charge in [0.1, 0.15) is 0 Å². The summed E-state index contributed by atoms with van der Waals surface area (Å²) in [5, 5.41) is 0. The molecular weight excluding hydrogens is 283 g/mol. The third kappa shape index (κ3) is 4.43. The molecule has 12 heteroatoms. The maximum absolute atomic E-state index is 13.3. The molecule has 1 atom stereocenters. The Morgan fingerprint density at radius 1 is 1.12 bits per heavy atom. The van der Waals surface area contributed by atoms with E-state index >= 15 is 0 Å². The molecule has 2 N–H and O–H groups in total. The van der Waals surface area contributed by atoms with E-state index in [1.807, 2.05) is 0 Å². The van der Waals surface area contributed by atoms with E-state index < -0.39 is 32.7 Å². The van der Waals surface area contributed by atoms with Crippen molar-refractivity contribution < 1.29 is 45.2 Å². The van der Waals surface area contributed by atoms with E-state index in [2.05, 4.69) is 14.0 Å². The Morgan fingerprint density at radius 2 is 1.59 bits per heavy atom. The lowest BCUT2D eigenvalue weighted by Crippen LogP contribution is -2.43. The van der Waals surface area contributed by atoms with E-state index in [1.54, 1.807) is 0 Å². The molecule has 0 heterocycles. The van der Waals surface area contributed by atoms with Crippen LogP contribution in [-0.2, 0) is 18.5 Å². The molecule has 0 radical (unpaired) electrons. The molecule has 0 fully saturated rings. The summed E-state index contributed by atoms with van der Waals surface area (Å²) in [5.41, 5.74) is 4.84. The Kier molecular flexibility index (Phi) is 5.88. The van der Waals surface area contributed by atoms with Crippen LogP contribution < -0.4 is 5.73 Å². The summed E-state index contributed by atoms with van der Waals surface area (Å²) >= 11 is 0. The molecular formula is C5H8F6NO4P. The summed E-state index contributed by atoms with van der Waals surface area (Å²) in [4.78, 5) is 0. The predicted molar refractivity (Wildman–Crippen MR) is 41.3 cm³/mol. The van der Waals surface area contributed by atoms with Crippen LogP contribution in [0.4, 0.5) is 26.6 Å². The fraction of sp³-hybridized carbons (Fsp3) is 1.00. The van der Waals surface area contributed by atoms with E-state index in [9.17, 15) is 31.2 Å². The highest BCUT2D eigenvalue weighted by Gasteiger charge is 2.61. The number of alkyl halides is 4. The molecule has 0 aromatic carbocycles. The van der Waals surface area contributed by atoms with Gasteiger partial charge in [0.2, 0.25) is 0 Å². The monoisotopic (exact) mass is 291 g/mol. The fourth-order valence-electron chi connectivity index (χ4n) is 0.785. The van der Waals surface area contributed by atoms with Crippen molar-refractivity contribution in [3.63, 3.8) is 0 Å². The van der Waals surface area contributed by atoms with Crippen molar-refractivity contribution in [2.24, 2.45) is 5.73 Å². The van der Waals surface area contributed by atoms with Gasteiger partial charge in [-0.05, 0) is 22.0 Å². The van der Waals surface area contributed by atoms with Crippen LogP contribution in [0.25, 0.3) is 0 Å². The summed E-state index contributed by atoms with van der Waals surface area (Å²) in [6.45, 7) is -0.359. The maximum Gasteiger partial charge on any atom is 0.540 e. The van der Waals surface area contributed by atoms with Crippen molar-refractivity contribution >= 4 is 7.82 Å². The molecule has 0 saturated carbocycles. The minimum atomic E-state index is -5.91. The molecule has 0 aromatic rings. The van der Waals surface area contributed by atoms with Gasteiger partial charge in [-0.1, -0.05) is 9.46 Å². The molecule has 0 aliphatic heterocycles. The average molecular weight is 291 g/mol. The highest BCUT2D eigenvalue weighted by atomic mass is 31.2. The Labute approximate surface area is 91.2 Å². The number of hydrogen-bond acceptors (Lipinski definition) is 5. The number of hydrogen-bond donors (Lipinski definition) is 1. The molecule has 0 spiro atoms. The van der Waals surface area contributed by atoms with Gasteiger partial charge in [0.25, 0.3) is 0 Å². The Morgan fingerprint density at radius 3 is 1.88 bits per heavy atom. The SMILES string of the molecule is NCCCC(F)(OP(=O)(OF)OF)C(F)(F)F. The van der Waals surface area contributed by atoms with Gasteiger partial charge in [-0.3, -0.25) is 0 Å². The molecule has 0 rings (SSSR count). The summed E-state index contributed by atoms with van der Waals surface area (Å²) in [5.74, 6) is -4.60. The summed E-state index contributed by atoms with van der Waals surface area (Å²) in [6.07, 6.45) is -7.67.